The summed E-state index contributed by atoms with van der Waals surface area (Å²) in [5.74, 6) is -1.30. The summed E-state index contributed by atoms with van der Waals surface area (Å²) in [6, 6.07) is 20.0. The number of hydrogen-bond acceptors (Lipinski definition) is 4. The van der Waals surface area contributed by atoms with E-state index in [0.717, 1.165) is 11.8 Å². The zero-order valence-corrected chi connectivity index (χ0v) is 17.0. The van der Waals surface area contributed by atoms with E-state index >= 15 is 0 Å². The number of amidine groups is 1. The summed E-state index contributed by atoms with van der Waals surface area (Å²) in [7, 11) is 0. The SMILES string of the molecule is O=C(CSC1=N/C(=C\c2ccc(F)cc2)C(=O)N1c1ccccc1)c1ccc(F)cc1. The van der Waals surface area contributed by atoms with Crippen LogP contribution in [0.1, 0.15) is 15.9 Å². The predicted molar refractivity (Wildman–Crippen MR) is 119 cm³/mol. The van der Waals surface area contributed by atoms with Crippen LogP contribution in [0, 0.1) is 11.6 Å². The van der Waals surface area contributed by atoms with Crippen LogP contribution < -0.4 is 4.90 Å². The van der Waals surface area contributed by atoms with Gasteiger partial charge < -0.3 is 0 Å². The van der Waals surface area contributed by atoms with Crippen LogP contribution >= 0.6 is 11.8 Å². The second kappa shape index (κ2) is 9.06. The number of thioether (sulfide) groups is 1. The first kappa shape index (κ1) is 20.7. The molecule has 1 amide bonds. The molecule has 4 nitrogen and oxygen atoms in total. The molecule has 7 heteroatoms. The molecule has 1 heterocycles. The van der Waals surface area contributed by atoms with Gasteiger partial charge in [-0.15, -0.1) is 0 Å². The number of para-hydroxylation sites is 1. The zero-order valence-electron chi connectivity index (χ0n) is 16.2. The Morgan fingerprint density at radius 2 is 1.52 bits per heavy atom. The van der Waals surface area contributed by atoms with E-state index < -0.39 is 5.82 Å². The molecule has 0 fully saturated rings. The van der Waals surface area contributed by atoms with E-state index in [1.165, 1.54) is 41.3 Å². The van der Waals surface area contributed by atoms with Crippen molar-refractivity contribution < 1.29 is 18.4 Å². The third-order valence-corrected chi connectivity index (χ3v) is 5.45. The Morgan fingerprint density at radius 1 is 0.903 bits per heavy atom. The van der Waals surface area contributed by atoms with Crippen LogP contribution in [0.5, 0.6) is 0 Å². The Labute approximate surface area is 181 Å². The highest BCUT2D eigenvalue weighted by Gasteiger charge is 2.32. The number of carbonyl (C=O) groups is 2. The number of ketones is 1. The Kier molecular flexibility index (Phi) is 6.04. The Morgan fingerprint density at radius 3 is 2.16 bits per heavy atom. The van der Waals surface area contributed by atoms with Gasteiger partial charge in [-0.2, -0.15) is 0 Å². The van der Waals surface area contributed by atoms with Crippen molar-refractivity contribution in [2.75, 3.05) is 10.7 Å². The molecule has 0 bridgehead atoms. The lowest BCUT2D eigenvalue weighted by atomic mass is 10.1. The van der Waals surface area contributed by atoms with E-state index in [2.05, 4.69) is 4.99 Å². The van der Waals surface area contributed by atoms with Crippen molar-refractivity contribution >= 4 is 40.4 Å². The maximum atomic E-state index is 13.2. The highest BCUT2D eigenvalue weighted by Crippen LogP contribution is 2.29. The average molecular weight is 434 g/mol. The van der Waals surface area contributed by atoms with Crippen molar-refractivity contribution in [3.8, 4) is 0 Å². The molecule has 154 valence electrons. The first-order valence-electron chi connectivity index (χ1n) is 9.38. The molecule has 3 aromatic rings. The number of anilines is 1. The van der Waals surface area contributed by atoms with E-state index in [-0.39, 0.29) is 29.0 Å². The maximum absolute atomic E-state index is 13.2. The fourth-order valence-corrected chi connectivity index (χ4v) is 3.87. The third-order valence-electron chi connectivity index (χ3n) is 4.52. The molecule has 0 N–H and O–H groups in total. The second-order valence-corrected chi connectivity index (χ2v) is 7.61. The van der Waals surface area contributed by atoms with Crippen LogP contribution in [0.15, 0.2) is 89.6 Å². The summed E-state index contributed by atoms with van der Waals surface area (Å²) in [4.78, 5) is 31.4. The van der Waals surface area contributed by atoms with E-state index in [1.54, 1.807) is 42.5 Å². The molecule has 1 aliphatic heterocycles. The number of carbonyl (C=O) groups excluding carboxylic acids is 2. The highest BCUT2D eigenvalue weighted by molar-refractivity contribution is 8.14. The van der Waals surface area contributed by atoms with E-state index in [4.69, 9.17) is 0 Å². The molecule has 1 aliphatic rings. The quantitative estimate of drug-likeness (QED) is 0.403. The largest absolute Gasteiger partial charge is 0.293 e. The van der Waals surface area contributed by atoms with Crippen molar-refractivity contribution in [3.63, 3.8) is 0 Å². The fourth-order valence-electron chi connectivity index (χ4n) is 2.96. The second-order valence-electron chi connectivity index (χ2n) is 6.67. The monoisotopic (exact) mass is 434 g/mol. The topological polar surface area (TPSA) is 49.7 Å². The average Bonchev–Trinajstić information content (AvgIpc) is 3.09. The minimum Gasteiger partial charge on any atom is -0.293 e. The van der Waals surface area contributed by atoms with Crippen molar-refractivity contribution in [1.82, 2.24) is 0 Å². The Balaban J connectivity index is 1.61. The Bertz CT molecular complexity index is 1170. The van der Waals surface area contributed by atoms with E-state index in [9.17, 15) is 18.4 Å². The number of amides is 1. The van der Waals surface area contributed by atoms with Crippen molar-refractivity contribution in [2.45, 2.75) is 0 Å². The highest BCUT2D eigenvalue weighted by atomic mass is 32.2. The van der Waals surface area contributed by atoms with Crippen molar-refractivity contribution in [3.05, 3.63) is 107 Å². The summed E-state index contributed by atoms with van der Waals surface area (Å²) in [5.41, 5.74) is 1.82. The van der Waals surface area contributed by atoms with Gasteiger partial charge in [-0.05, 0) is 60.2 Å². The van der Waals surface area contributed by atoms with Crippen LogP contribution in [0.2, 0.25) is 0 Å². The van der Waals surface area contributed by atoms with Gasteiger partial charge in [0.05, 0.1) is 11.4 Å². The number of nitrogens with zero attached hydrogens (tertiary/aromatic N) is 2. The number of benzene rings is 3. The normalized spacial score (nSPS) is 14.8. The molecule has 0 saturated heterocycles. The summed E-state index contributed by atoms with van der Waals surface area (Å²) < 4.78 is 26.3. The van der Waals surface area contributed by atoms with Gasteiger partial charge in [-0.3, -0.25) is 14.5 Å². The van der Waals surface area contributed by atoms with Crippen LogP contribution in [0.4, 0.5) is 14.5 Å². The van der Waals surface area contributed by atoms with Gasteiger partial charge in [-0.1, -0.05) is 42.1 Å². The van der Waals surface area contributed by atoms with Gasteiger partial charge in [-0.25, -0.2) is 13.8 Å². The lowest BCUT2D eigenvalue weighted by molar-refractivity contribution is -0.113. The maximum Gasteiger partial charge on any atom is 0.283 e. The van der Waals surface area contributed by atoms with Crippen LogP contribution in [-0.2, 0) is 4.79 Å². The van der Waals surface area contributed by atoms with E-state index in [0.29, 0.717) is 22.0 Å². The van der Waals surface area contributed by atoms with Gasteiger partial charge in [0.1, 0.15) is 17.3 Å². The smallest absolute Gasteiger partial charge is 0.283 e. The molecular weight excluding hydrogens is 418 g/mol. The molecule has 0 spiro atoms. The standard InChI is InChI=1S/C24H16F2N2O2S/c25-18-10-6-16(7-11-18)14-21-23(30)28(20-4-2-1-3-5-20)24(27-21)31-15-22(29)17-8-12-19(26)13-9-17/h1-14H,15H2/b21-14-. The molecule has 0 aromatic heterocycles. The van der Waals surface area contributed by atoms with Crippen molar-refractivity contribution in [1.29, 1.82) is 0 Å². The molecule has 31 heavy (non-hydrogen) atoms. The summed E-state index contributed by atoms with van der Waals surface area (Å²) >= 11 is 1.13. The molecule has 0 atom stereocenters. The fraction of sp³-hybridized carbons (Fsp3) is 0.0417. The number of aliphatic imine (C=N–C) groups is 1. The lowest BCUT2D eigenvalue weighted by Gasteiger charge is -2.17. The zero-order chi connectivity index (χ0) is 21.8. The predicted octanol–water partition coefficient (Wildman–Crippen LogP) is 5.32. The number of halogens is 2. The van der Waals surface area contributed by atoms with Gasteiger partial charge in [0.2, 0.25) is 0 Å². The van der Waals surface area contributed by atoms with Crippen LogP contribution in [0.3, 0.4) is 0 Å². The van der Waals surface area contributed by atoms with Crippen LogP contribution in [-0.4, -0.2) is 22.6 Å². The van der Waals surface area contributed by atoms with Gasteiger partial charge in [0, 0.05) is 5.56 Å². The number of rotatable bonds is 5. The molecular formula is C24H16F2N2O2S. The first-order valence-corrected chi connectivity index (χ1v) is 10.4. The minimum atomic E-state index is -0.416. The molecule has 0 saturated carbocycles. The molecule has 0 unspecified atom stereocenters. The van der Waals surface area contributed by atoms with Gasteiger partial charge in [0.15, 0.2) is 11.0 Å². The van der Waals surface area contributed by atoms with Crippen LogP contribution in [0.25, 0.3) is 6.08 Å². The lowest BCUT2D eigenvalue weighted by Crippen LogP contribution is -2.30. The number of hydrogen-bond donors (Lipinski definition) is 0. The first-order chi connectivity index (χ1) is 15.0. The number of Topliss-reactive ketones (excluding diaryl/α,β-unsaturated/α-hetero) is 1. The van der Waals surface area contributed by atoms with Gasteiger partial charge >= 0.3 is 0 Å². The summed E-state index contributed by atoms with van der Waals surface area (Å²) in [5, 5.41) is 0.361. The Hall–Kier alpha value is -3.58. The molecule has 0 aliphatic carbocycles. The van der Waals surface area contributed by atoms with Gasteiger partial charge in [0.25, 0.3) is 5.91 Å². The summed E-state index contributed by atoms with van der Waals surface area (Å²) in [6.45, 7) is 0. The minimum absolute atomic E-state index is 0.0326. The molecule has 4 rings (SSSR count). The molecule has 3 aromatic carbocycles. The third kappa shape index (κ3) is 4.78. The summed E-state index contributed by atoms with van der Waals surface area (Å²) in [6.07, 6.45) is 1.58. The molecule has 0 radical (unpaired) electrons. The van der Waals surface area contributed by atoms with E-state index in [1.807, 2.05) is 6.07 Å². The van der Waals surface area contributed by atoms with Crippen molar-refractivity contribution in [2.24, 2.45) is 4.99 Å².